The molecule has 0 unspecified atom stereocenters. The van der Waals surface area contributed by atoms with Gasteiger partial charge in [0, 0.05) is 27.6 Å². The number of aryl methyl sites for hydroxylation is 1. The summed E-state index contributed by atoms with van der Waals surface area (Å²) >= 11 is 3.39. The molecule has 2 aromatic carbocycles. The van der Waals surface area contributed by atoms with Crippen molar-refractivity contribution in [3.8, 4) is 5.69 Å². The van der Waals surface area contributed by atoms with E-state index < -0.39 is 0 Å². The lowest BCUT2D eigenvalue weighted by Crippen LogP contribution is -2.12. The number of aromatic nitrogens is 2. The van der Waals surface area contributed by atoms with Crippen LogP contribution in [-0.2, 0) is 0 Å². The lowest BCUT2D eigenvalue weighted by atomic mass is 10.2. The molecule has 3 rings (SSSR count). The van der Waals surface area contributed by atoms with Crippen LogP contribution in [0.4, 0.5) is 5.69 Å². The molecule has 1 heterocycles. The van der Waals surface area contributed by atoms with Crippen molar-refractivity contribution in [3.05, 3.63) is 76.5 Å². The summed E-state index contributed by atoms with van der Waals surface area (Å²) in [5, 5.41) is 7.12. The third kappa shape index (κ3) is 3.09. The molecular formula is C17H14BrN3O. The van der Waals surface area contributed by atoms with E-state index in [1.54, 1.807) is 18.3 Å². The summed E-state index contributed by atoms with van der Waals surface area (Å²) in [5.41, 5.74) is 3.34. The van der Waals surface area contributed by atoms with Gasteiger partial charge < -0.3 is 5.32 Å². The van der Waals surface area contributed by atoms with E-state index in [-0.39, 0.29) is 5.91 Å². The Hall–Kier alpha value is -2.40. The average molecular weight is 356 g/mol. The molecule has 1 amide bonds. The lowest BCUT2D eigenvalue weighted by Gasteiger charge is -2.08. The number of anilines is 1. The van der Waals surface area contributed by atoms with Crippen LogP contribution >= 0.6 is 15.9 Å². The number of benzene rings is 2. The fourth-order valence-corrected chi connectivity index (χ4v) is 2.56. The molecule has 0 bridgehead atoms. The Morgan fingerprint density at radius 3 is 2.55 bits per heavy atom. The van der Waals surface area contributed by atoms with Crippen LogP contribution in [0, 0.1) is 6.92 Å². The number of hydrogen-bond donors (Lipinski definition) is 1. The second-order valence-electron chi connectivity index (χ2n) is 4.90. The molecule has 0 fully saturated rings. The first-order valence-electron chi connectivity index (χ1n) is 6.81. The fraction of sp³-hybridized carbons (Fsp3) is 0.0588. The minimum Gasteiger partial charge on any atom is -0.322 e. The van der Waals surface area contributed by atoms with Gasteiger partial charge in [-0.25, -0.2) is 4.68 Å². The van der Waals surface area contributed by atoms with Crippen molar-refractivity contribution in [1.82, 2.24) is 9.78 Å². The molecule has 0 spiro atoms. The molecule has 1 aromatic heterocycles. The SMILES string of the molecule is Cc1ccnn1-c1ccc(C(=O)Nc2cccc(Br)c2)cc1. The van der Waals surface area contributed by atoms with Gasteiger partial charge in [0.1, 0.15) is 0 Å². The van der Waals surface area contributed by atoms with Crippen molar-refractivity contribution in [2.45, 2.75) is 6.92 Å². The van der Waals surface area contributed by atoms with Gasteiger partial charge >= 0.3 is 0 Å². The van der Waals surface area contributed by atoms with E-state index in [0.29, 0.717) is 5.56 Å². The summed E-state index contributed by atoms with van der Waals surface area (Å²) in [5.74, 6) is -0.137. The van der Waals surface area contributed by atoms with Crippen molar-refractivity contribution in [2.75, 3.05) is 5.32 Å². The average Bonchev–Trinajstić information content (AvgIpc) is 2.93. The van der Waals surface area contributed by atoms with Crippen LogP contribution in [0.2, 0.25) is 0 Å². The largest absolute Gasteiger partial charge is 0.322 e. The molecule has 0 aliphatic carbocycles. The Kier molecular flexibility index (Phi) is 4.06. The standard InChI is InChI=1S/C17H14BrN3O/c1-12-9-10-19-21(12)16-7-5-13(6-8-16)17(22)20-15-4-2-3-14(18)11-15/h2-11H,1H3,(H,20,22). The summed E-state index contributed by atoms with van der Waals surface area (Å²) in [7, 11) is 0. The molecule has 110 valence electrons. The summed E-state index contributed by atoms with van der Waals surface area (Å²) in [4.78, 5) is 12.2. The lowest BCUT2D eigenvalue weighted by molar-refractivity contribution is 0.102. The second-order valence-corrected chi connectivity index (χ2v) is 5.81. The van der Waals surface area contributed by atoms with Crippen LogP contribution in [0.25, 0.3) is 5.69 Å². The number of halogens is 1. The van der Waals surface area contributed by atoms with E-state index in [2.05, 4.69) is 26.3 Å². The first kappa shape index (κ1) is 14.5. The van der Waals surface area contributed by atoms with Crippen LogP contribution in [0.5, 0.6) is 0 Å². The van der Waals surface area contributed by atoms with Crippen LogP contribution < -0.4 is 5.32 Å². The maximum atomic E-state index is 12.2. The summed E-state index contributed by atoms with van der Waals surface area (Å²) in [6.07, 6.45) is 1.75. The number of amides is 1. The highest BCUT2D eigenvalue weighted by atomic mass is 79.9. The third-order valence-electron chi connectivity index (χ3n) is 3.29. The Morgan fingerprint density at radius 2 is 1.91 bits per heavy atom. The zero-order valence-corrected chi connectivity index (χ0v) is 13.5. The second kappa shape index (κ2) is 6.15. The Balaban J connectivity index is 1.78. The van der Waals surface area contributed by atoms with E-state index >= 15 is 0 Å². The zero-order valence-electron chi connectivity index (χ0n) is 12.0. The normalized spacial score (nSPS) is 10.5. The highest BCUT2D eigenvalue weighted by molar-refractivity contribution is 9.10. The molecule has 4 nitrogen and oxygen atoms in total. The smallest absolute Gasteiger partial charge is 0.255 e. The van der Waals surface area contributed by atoms with Crippen molar-refractivity contribution in [2.24, 2.45) is 0 Å². The van der Waals surface area contributed by atoms with Gasteiger partial charge in [-0.1, -0.05) is 22.0 Å². The molecule has 3 aromatic rings. The molecule has 22 heavy (non-hydrogen) atoms. The van der Waals surface area contributed by atoms with E-state index in [4.69, 9.17) is 0 Å². The van der Waals surface area contributed by atoms with Crippen molar-refractivity contribution in [3.63, 3.8) is 0 Å². The van der Waals surface area contributed by atoms with Gasteiger partial charge in [0.25, 0.3) is 5.91 Å². The van der Waals surface area contributed by atoms with Crippen LogP contribution in [0.3, 0.4) is 0 Å². The highest BCUT2D eigenvalue weighted by Crippen LogP contribution is 2.17. The van der Waals surface area contributed by atoms with E-state index in [9.17, 15) is 4.79 Å². The molecular weight excluding hydrogens is 342 g/mol. The number of rotatable bonds is 3. The predicted octanol–water partition coefficient (Wildman–Crippen LogP) is 4.20. The van der Waals surface area contributed by atoms with Gasteiger partial charge in [0.2, 0.25) is 0 Å². The molecule has 0 saturated carbocycles. The first-order valence-corrected chi connectivity index (χ1v) is 7.61. The fourth-order valence-electron chi connectivity index (χ4n) is 2.16. The maximum absolute atomic E-state index is 12.2. The van der Waals surface area contributed by atoms with Crippen molar-refractivity contribution in [1.29, 1.82) is 0 Å². The van der Waals surface area contributed by atoms with Gasteiger partial charge in [-0.2, -0.15) is 5.10 Å². The molecule has 0 aliphatic rings. The summed E-state index contributed by atoms with van der Waals surface area (Å²) in [6, 6.07) is 16.8. The predicted molar refractivity (Wildman–Crippen MR) is 90.4 cm³/mol. The van der Waals surface area contributed by atoms with E-state index in [0.717, 1.165) is 21.5 Å². The van der Waals surface area contributed by atoms with Gasteiger partial charge in [-0.15, -0.1) is 0 Å². The molecule has 0 aliphatic heterocycles. The molecule has 0 atom stereocenters. The first-order chi connectivity index (χ1) is 10.6. The highest BCUT2D eigenvalue weighted by Gasteiger charge is 2.07. The quantitative estimate of drug-likeness (QED) is 0.765. The molecule has 0 saturated heterocycles. The van der Waals surface area contributed by atoms with Crippen molar-refractivity contribution >= 4 is 27.5 Å². The van der Waals surface area contributed by atoms with Crippen LogP contribution in [-0.4, -0.2) is 15.7 Å². The van der Waals surface area contributed by atoms with Crippen LogP contribution in [0.15, 0.2) is 65.3 Å². The third-order valence-corrected chi connectivity index (χ3v) is 3.78. The topological polar surface area (TPSA) is 46.9 Å². The zero-order chi connectivity index (χ0) is 15.5. The van der Waals surface area contributed by atoms with Crippen molar-refractivity contribution < 1.29 is 4.79 Å². The minimum atomic E-state index is -0.137. The minimum absolute atomic E-state index is 0.137. The summed E-state index contributed by atoms with van der Waals surface area (Å²) < 4.78 is 2.76. The Bertz CT molecular complexity index is 809. The molecule has 1 N–H and O–H groups in total. The monoisotopic (exact) mass is 355 g/mol. The van der Waals surface area contributed by atoms with Gasteiger partial charge in [-0.3, -0.25) is 4.79 Å². The van der Waals surface area contributed by atoms with E-state index in [1.165, 1.54) is 0 Å². The number of carbonyl (C=O) groups excluding carboxylic acids is 1. The van der Waals surface area contributed by atoms with Gasteiger partial charge in [0.05, 0.1) is 5.69 Å². The number of nitrogens with zero attached hydrogens (tertiary/aromatic N) is 2. The van der Waals surface area contributed by atoms with Crippen LogP contribution in [0.1, 0.15) is 16.1 Å². The number of nitrogens with one attached hydrogen (secondary N) is 1. The molecule has 0 radical (unpaired) electrons. The molecule has 5 heteroatoms. The van der Waals surface area contributed by atoms with Gasteiger partial charge in [-0.05, 0) is 55.5 Å². The Labute approximate surface area is 136 Å². The number of carbonyl (C=O) groups is 1. The summed E-state index contributed by atoms with van der Waals surface area (Å²) in [6.45, 7) is 1.99. The van der Waals surface area contributed by atoms with E-state index in [1.807, 2.05) is 54.1 Å². The Morgan fingerprint density at radius 1 is 1.14 bits per heavy atom. The van der Waals surface area contributed by atoms with Gasteiger partial charge in [0.15, 0.2) is 0 Å². The maximum Gasteiger partial charge on any atom is 0.255 e. The number of hydrogen-bond acceptors (Lipinski definition) is 2.